The molecule has 1 aliphatic rings. The monoisotopic (exact) mass is 489 g/mol. The predicted molar refractivity (Wildman–Crippen MR) is 127 cm³/mol. The standard InChI is InChI=1S/C23H24FN3O4S2/c1-3-27(4-2)33(30,31)14-8-9-19-16(12-14)17(13-21(28)25-19)23(29)26-20-10-11-32-22-15(20)6-5-7-18(22)24/h5-9,12-13,20H,3-4,10-11H2,1-2H3,(H,25,28)(H,26,29)/t20-/m1/s1. The van der Waals surface area contributed by atoms with E-state index in [1.165, 1.54) is 40.3 Å². The molecule has 0 aliphatic carbocycles. The summed E-state index contributed by atoms with van der Waals surface area (Å²) in [6.07, 6.45) is 0.607. The number of nitrogens with zero attached hydrogens (tertiary/aromatic N) is 1. The third kappa shape index (κ3) is 4.42. The summed E-state index contributed by atoms with van der Waals surface area (Å²) in [7, 11) is -3.75. The number of benzene rings is 2. The van der Waals surface area contributed by atoms with Gasteiger partial charge in [0.2, 0.25) is 15.6 Å². The highest BCUT2D eigenvalue weighted by Gasteiger charge is 2.27. The largest absolute Gasteiger partial charge is 0.345 e. The Morgan fingerprint density at radius 3 is 2.70 bits per heavy atom. The number of sulfonamides is 1. The van der Waals surface area contributed by atoms with Gasteiger partial charge in [-0.25, -0.2) is 12.8 Å². The van der Waals surface area contributed by atoms with Crippen LogP contribution >= 0.6 is 11.8 Å². The second kappa shape index (κ2) is 9.28. The molecule has 1 amide bonds. The summed E-state index contributed by atoms with van der Waals surface area (Å²) in [6, 6.07) is 9.84. The Hall–Kier alpha value is -2.69. The SMILES string of the molecule is CCN(CC)S(=O)(=O)c1ccc2[nH]c(=O)cc(C(=O)N[C@@H]3CCSc4c(F)cccc43)c2c1. The molecule has 0 saturated carbocycles. The molecule has 0 fully saturated rings. The second-order valence-corrected chi connectivity index (χ2v) is 10.7. The van der Waals surface area contributed by atoms with E-state index in [0.29, 0.717) is 46.6 Å². The fourth-order valence-corrected chi connectivity index (χ4v) is 6.69. The number of aromatic amines is 1. The lowest BCUT2D eigenvalue weighted by Crippen LogP contribution is -2.32. The molecule has 1 atom stereocenters. The van der Waals surface area contributed by atoms with Gasteiger partial charge in [-0.2, -0.15) is 4.31 Å². The summed E-state index contributed by atoms with van der Waals surface area (Å²) in [5.41, 5.74) is 0.648. The molecule has 7 nitrogen and oxygen atoms in total. The number of hydrogen-bond acceptors (Lipinski definition) is 5. The van der Waals surface area contributed by atoms with E-state index in [-0.39, 0.29) is 16.3 Å². The topological polar surface area (TPSA) is 99.3 Å². The molecule has 2 N–H and O–H groups in total. The molecular weight excluding hydrogens is 465 g/mol. The molecule has 3 aromatic rings. The fourth-order valence-electron chi connectivity index (χ4n) is 4.07. The first-order chi connectivity index (χ1) is 15.8. The van der Waals surface area contributed by atoms with Gasteiger partial charge in [0.25, 0.3) is 5.91 Å². The Labute approximate surface area is 195 Å². The van der Waals surface area contributed by atoms with E-state index in [1.807, 2.05) is 0 Å². The molecule has 1 aromatic heterocycles. The molecule has 33 heavy (non-hydrogen) atoms. The number of carbonyl (C=O) groups excluding carboxylic acids is 1. The van der Waals surface area contributed by atoms with Crippen molar-refractivity contribution in [3.63, 3.8) is 0 Å². The van der Waals surface area contributed by atoms with Gasteiger partial charge in [-0.15, -0.1) is 11.8 Å². The van der Waals surface area contributed by atoms with Crippen LogP contribution in [-0.2, 0) is 10.0 Å². The van der Waals surface area contributed by atoms with Crippen molar-refractivity contribution in [1.82, 2.24) is 14.6 Å². The van der Waals surface area contributed by atoms with Gasteiger partial charge in [0.05, 0.1) is 16.5 Å². The number of halogens is 1. The van der Waals surface area contributed by atoms with Crippen molar-refractivity contribution in [2.75, 3.05) is 18.8 Å². The summed E-state index contributed by atoms with van der Waals surface area (Å²) >= 11 is 1.41. The smallest absolute Gasteiger partial charge is 0.252 e. The Morgan fingerprint density at radius 2 is 1.97 bits per heavy atom. The normalized spacial score (nSPS) is 16.1. The van der Waals surface area contributed by atoms with E-state index in [1.54, 1.807) is 26.0 Å². The van der Waals surface area contributed by atoms with Crippen molar-refractivity contribution in [2.24, 2.45) is 0 Å². The Bertz CT molecular complexity index is 1380. The van der Waals surface area contributed by atoms with Crippen molar-refractivity contribution in [1.29, 1.82) is 0 Å². The van der Waals surface area contributed by atoms with Gasteiger partial charge >= 0.3 is 0 Å². The number of rotatable bonds is 6. The summed E-state index contributed by atoms with van der Waals surface area (Å²) < 4.78 is 41.5. The number of nitrogens with one attached hydrogen (secondary N) is 2. The van der Waals surface area contributed by atoms with E-state index in [9.17, 15) is 22.4 Å². The number of hydrogen-bond donors (Lipinski definition) is 2. The van der Waals surface area contributed by atoms with Crippen LogP contribution in [0.5, 0.6) is 0 Å². The van der Waals surface area contributed by atoms with Crippen LogP contribution < -0.4 is 10.9 Å². The summed E-state index contributed by atoms with van der Waals surface area (Å²) in [5, 5.41) is 3.23. The molecule has 0 saturated heterocycles. The van der Waals surface area contributed by atoms with Gasteiger partial charge < -0.3 is 10.3 Å². The average Bonchev–Trinajstić information content (AvgIpc) is 2.79. The molecular formula is C23H24FN3O4S2. The van der Waals surface area contributed by atoms with Gasteiger partial charge in [-0.05, 0) is 36.2 Å². The van der Waals surface area contributed by atoms with Crippen molar-refractivity contribution in [2.45, 2.75) is 36.1 Å². The Balaban J connectivity index is 1.76. The van der Waals surface area contributed by atoms with Gasteiger partial charge in [-0.1, -0.05) is 26.0 Å². The second-order valence-electron chi connectivity index (χ2n) is 7.67. The van der Waals surface area contributed by atoms with Crippen LogP contribution in [0.1, 0.15) is 42.2 Å². The highest BCUT2D eigenvalue weighted by atomic mass is 32.2. The van der Waals surface area contributed by atoms with E-state index in [0.717, 1.165) is 6.07 Å². The van der Waals surface area contributed by atoms with E-state index >= 15 is 0 Å². The zero-order chi connectivity index (χ0) is 23.8. The van der Waals surface area contributed by atoms with Crippen LogP contribution in [0.2, 0.25) is 0 Å². The van der Waals surface area contributed by atoms with Gasteiger partial charge in [0.1, 0.15) is 5.82 Å². The third-order valence-electron chi connectivity index (χ3n) is 5.73. The van der Waals surface area contributed by atoms with Crippen LogP contribution in [-0.4, -0.2) is 42.5 Å². The minimum absolute atomic E-state index is 0.0429. The quantitative estimate of drug-likeness (QED) is 0.551. The number of aromatic nitrogens is 1. The molecule has 0 unspecified atom stereocenters. The molecule has 2 aromatic carbocycles. The van der Waals surface area contributed by atoms with Crippen LogP contribution in [0.3, 0.4) is 0 Å². The molecule has 0 spiro atoms. The van der Waals surface area contributed by atoms with Gasteiger partial charge in [0.15, 0.2) is 0 Å². The number of H-pyrrole nitrogens is 1. The lowest BCUT2D eigenvalue weighted by molar-refractivity contribution is 0.0936. The summed E-state index contributed by atoms with van der Waals surface area (Å²) in [4.78, 5) is 28.7. The van der Waals surface area contributed by atoms with E-state index in [2.05, 4.69) is 10.3 Å². The number of pyridine rings is 1. The van der Waals surface area contributed by atoms with Crippen molar-refractivity contribution < 1.29 is 17.6 Å². The lowest BCUT2D eigenvalue weighted by Gasteiger charge is -2.26. The average molecular weight is 490 g/mol. The van der Waals surface area contributed by atoms with Gasteiger partial charge in [0, 0.05) is 40.7 Å². The predicted octanol–water partition coefficient (Wildman–Crippen LogP) is 3.66. The lowest BCUT2D eigenvalue weighted by atomic mass is 10.0. The maximum Gasteiger partial charge on any atom is 0.252 e. The van der Waals surface area contributed by atoms with Gasteiger partial charge in [-0.3, -0.25) is 9.59 Å². The van der Waals surface area contributed by atoms with Crippen molar-refractivity contribution >= 4 is 38.6 Å². The first-order valence-corrected chi connectivity index (χ1v) is 13.1. The molecule has 2 heterocycles. The molecule has 174 valence electrons. The first kappa shape index (κ1) is 23.5. The molecule has 1 aliphatic heterocycles. The summed E-state index contributed by atoms with van der Waals surface area (Å²) in [5.74, 6) is -0.207. The van der Waals surface area contributed by atoms with Crippen molar-refractivity contribution in [3.05, 3.63) is 69.8 Å². The Kier molecular flexibility index (Phi) is 6.60. The number of carbonyl (C=O) groups is 1. The van der Waals surface area contributed by atoms with E-state index in [4.69, 9.17) is 0 Å². The first-order valence-electron chi connectivity index (χ1n) is 10.7. The molecule has 4 rings (SSSR count). The van der Waals surface area contributed by atoms with Crippen LogP contribution in [0.15, 0.2) is 57.1 Å². The zero-order valence-corrected chi connectivity index (χ0v) is 19.9. The maximum atomic E-state index is 14.2. The highest BCUT2D eigenvalue weighted by Crippen LogP contribution is 2.38. The minimum Gasteiger partial charge on any atom is -0.345 e. The molecule has 0 radical (unpaired) electrons. The minimum atomic E-state index is -3.75. The number of fused-ring (bicyclic) bond motifs is 2. The maximum absolute atomic E-state index is 14.2. The number of thioether (sulfide) groups is 1. The zero-order valence-electron chi connectivity index (χ0n) is 18.2. The van der Waals surface area contributed by atoms with Crippen molar-refractivity contribution in [3.8, 4) is 0 Å². The molecule has 0 bridgehead atoms. The van der Waals surface area contributed by atoms with E-state index < -0.39 is 27.5 Å². The highest BCUT2D eigenvalue weighted by molar-refractivity contribution is 7.99. The third-order valence-corrected chi connectivity index (χ3v) is 8.94. The Morgan fingerprint density at radius 1 is 1.21 bits per heavy atom. The van der Waals surface area contributed by atoms with Crippen LogP contribution in [0.4, 0.5) is 4.39 Å². The summed E-state index contributed by atoms with van der Waals surface area (Å²) in [6.45, 7) is 4.13. The van der Waals surface area contributed by atoms with Crippen LogP contribution in [0.25, 0.3) is 10.9 Å². The van der Waals surface area contributed by atoms with Crippen LogP contribution in [0, 0.1) is 5.82 Å². The molecule has 10 heteroatoms. The fraction of sp³-hybridized carbons (Fsp3) is 0.304. The number of amides is 1.